The van der Waals surface area contributed by atoms with E-state index in [1.807, 2.05) is 30.3 Å². The highest BCUT2D eigenvalue weighted by atomic mass is 16.5. The molecule has 0 aliphatic carbocycles. The van der Waals surface area contributed by atoms with Gasteiger partial charge in [0.15, 0.2) is 6.61 Å². The van der Waals surface area contributed by atoms with E-state index in [1.165, 1.54) is 0 Å². The maximum atomic E-state index is 12.0. The number of hydrogen-bond acceptors (Lipinski definition) is 4. The molecule has 0 N–H and O–H groups in total. The minimum atomic E-state index is -0.0364. The number of hydrogen-bond donors (Lipinski definition) is 0. The van der Waals surface area contributed by atoms with Crippen LogP contribution < -0.4 is 4.74 Å². The molecular formula is C15H22N2O3. The Morgan fingerprint density at radius 1 is 1.45 bits per heavy atom. The van der Waals surface area contributed by atoms with Crippen LogP contribution in [0.5, 0.6) is 5.75 Å². The highest BCUT2D eigenvalue weighted by Crippen LogP contribution is 2.09. The molecule has 1 amide bonds. The molecule has 1 heterocycles. The van der Waals surface area contributed by atoms with Gasteiger partial charge >= 0.3 is 0 Å². The minimum absolute atomic E-state index is 0.0364. The van der Waals surface area contributed by atoms with E-state index in [4.69, 9.17) is 9.47 Å². The van der Waals surface area contributed by atoms with Crippen molar-refractivity contribution in [3.05, 3.63) is 30.3 Å². The Hall–Kier alpha value is -1.59. The second-order valence-corrected chi connectivity index (χ2v) is 5.13. The molecule has 1 aliphatic rings. The van der Waals surface area contributed by atoms with Crippen molar-refractivity contribution in [2.45, 2.75) is 6.10 Å². The molecule has 5 heteroatoms. The van der Waals surface area contributed by atoms with E-state index in [2.05, 4.69) is 11.9 Å². The fraction of sp³-hybridized carbons (Fsp3) is 0.533. The summed E-state index contributed by atoms with van der Waals surface area (Å²) < 4.78 is 11.1. The summed E-state index contributed by atoms with van der Waals surface area (Å²) in [6, 6.07) is 9.36. The summed E-state index contributed by atoms with van der Waals surface area (Å²) in [6.45, 7) is 3.19. The lowest BCUT2D eigenvalue weighted by Gasteiger charge is -2.32. The van der Waals surface area contributed by atoms with Gasteiger partial charge in [-0.3, -0.25) is 4.79 Å². The molecule has 110 valence electrons. The van der Waals surface area contributed by atoms with Crippen LogP contribution in [-0.4, -0.2) is 68.8 Å². The zero-order valence-electron chi connectivity index (χ0n) is 12.1. The molecule has 2 rings (SSSR count). The topological polar surface area (TPSA) is 42.0 Å². The second-order valence-electron chi connectivity index (χ2n) is 5.13. The summed E-state index contributed by atoms with van der Waals surface area (Å²) in [6.07, 6.45) is 0.0828. The molecule has 5 nitrogen and oxygen atoms in total. The molecule has 1 aromatic rings. The summed E-state index contributed by atoms with van der Waals surface area (Å²) in [5, 5.41) is 0. The number of rotatable bonds is 5. The molecule has 0 aromatic heterocycles. The van der Waals surface area contributed by atoms with Crippen LogP contribution in [0.25, 0.3) is 0 Å². The monoisotopic (exact) mass is 278 g/mol. The number of benzene rings is 1. The number of para-hydroxylation sites is 1. The highest BCUT2D eigenvalue weighted by molar-refractivity contribution is 5.77. The summed E-state index contributed by atoms with van der Waals surface area (Å²) in [4.78, 5) is 15.9. The number of carbonyl (C=O) groups excluding carboxylic acids is 1. The Bertz CT molecular complexity index is 424. The summed E-state index contributed by atoms with van der Waals surface area (Å²) in [7, 11) is 3.85. The van der Waals surface area contributed by atoms with Crippen LogP contribution in [0.3, 0.4) is 0 Å². The van der Waals surface area contributed by atoms with Crippen molar-refractivity contribution >= 4 is 5.91 Å². The second kappa shape index (κ2) is 7.26. The van der Waals surface area contributed by atoms with Crippen LogP contribution in [0.4, 0.5) is 0 Å². The largest absolute Gasteiger partial charge is 0.484 e. The van der Waals surface area contributed by atoms with Gasteiger partial charge in [-0.2, -0.15) is 0 Å². The number of morpholine rings is 1. The third-order valence-corrected chi connectivity index (χ3v) is 3.35. The average Bonchev–Trinajstić information content (AvgIpc) is 2.46. The predicted molar refractivity (Wildman–Crippen MR) is 76.8 cm³/mol. The summed E-state index contributed by atoms with van der Waals surface area (Å²) in [5.74, 6) is 0.675. The first-order chi connectivity index (χ1) is 9.65. The Labute approximate surface area is 120 Å². The summed E-state index contributed by atoms with van der Waals surface area (Å²) >= 11 is 0. The molecular weight excluding hydrogens is 256 g/mol. The molecule has 1 aromatic carbocycles. The van der Waals surface area contributed by atoms with Crippen molar-refractivity contribution in [1.29, 1.82) is 0 Å². The van der Waals surface area contributed by atoms with Gasteiger partial charge in [0, 0.05) is 26.7 Å². The fourth-order valence-corrected chi connectivity index (χ4v) is 2.16. The number of carbonyl (C=O) groups is 1. The Morgan fingerprint density at radius 2 is 2.20 bits per heavy atom. The zero-order valence-corrected chi connectivity index (χ0v) is 12.1. The Morgan fingerprint density at radius 3 is 2.90 bits per heavy atom. The third kappa shape index (κ3) is 4.51. The van der Waals surface area contributed by atoms with Gasteiger partial charge in [-0.15, -0.1) is 0 Å². The molecule has 1 fully saturated rings. The van der Waals surface area contributed by atoms with Crippen molar-refractivity contribution in [2.75, 3.05) is 46.9 Å². The van der Waals surface area contributed by atoms with Crippen molar-refractivity contribution in [1.82, 2.24) is 9.80 Å². The first-order valence-electron chi connectivity index (χ1n) is 6.87. The zero-order chi connectivity index (χ0) is 14.4. The van der Waals surface area contributed by atoms with Gasteiger partial charge in [0.1, 0.15) is 5.75 Å². The van der Waals surface area contributed by atoms with E-state index in [0.29, 0.717) is 12.3 Å². The van der Waals surface area contributed by atoms with Crippen molar-refractivity contribution in [2.24, 2.45) is 0 Å². The molecule has 0 bridgehead atoms. The van der Waals surface area contributed by atoms with E-state index >= 15 is 0 Å². The number of amides is 1. The van der Waals surface area contributed by atoms with Gasteiger partial charge in [-0.1, -0.05) is 18.2 Å². The van der Waals surface area contributed by atoms with E-state index < -0.39 is 0 Å². The summed E-state index contributed by atoms with van der Waals surface area (Å²) in [5.41, 5.74) is 0. The van der Waals surface area contributed by atoms with Gasteiger partial charge in [0.2, 0.25) is 0 Å². The molecule has 20 heavy (non-hydrogen) atoms. The maximum absolute atomic E-state index is 12.0. The molecule has 0 spiro atoms. The van der Waals surface area contributed by atoms with Crippen LogP contribution in [-0.2, 0) is 9.53 Å². The van der Waals surface area contributed by atoms with Crippen molar-refractivity contribution < 1.29 is 14.3 Å². The first kappa shape index (κ1) is 14.8. The number of ether oxygens (including phenoxy) is 2. The third-order valence-electron chi connectivity index (χ3n) is 3.35. The lowest BCUT2D eigenvalue weighted by Crippen LogP contribution is -2.47. The number of nitrogens with zero attached hydrogens (tertiary/aromatic N) is 2. The molecule has 1 atom stereocenters. The van der Waals surface area contributed by atoms with Crippen LogP contribution in [0, 0.1) is 0 Å². The smallest absolute Gasteiger partial charge is 0.260 e. The van der Waals surface area contributed by atoms with Gasteiger partial charge in [-0.05, 0) is 19.2 Å². The van der Waals surface area contributed by atoms with Crippen LogP contribution >= 0.6 is 0 Å². The standard InChI is InChI=1S/C15H22N2O3/c1-16-8-9-19-14(10-16)11-17(2)15(18)12-20-13-6-4-3-5-7-13/h3-7,14H,8-12H2,1-2H3. The first-order valence-corrected chi connectivity index (χ1v) is 6.87. The van der Waals surface area contributed by atoms with E-state index in [1.54, 1.807) is 11.9 Å². The van der Waals surface area contributed by atoms with E-state index in [-0.39, 0.29) is 18.6 Å². The molecule has 0 saturated carbocycles. The van der Waals surface area contributed by atoms with Gasteiger partial charge in [0.05, 0.1) is 12.7 Å². The van der Waals surface area contributed by atoms with E-state index in [9.17, 15) is 4.79 Å². The number of likely N-dealkylation sites (N-methyl/N-ethyl adjacent to an activating group) is 2. The van der Waals surface area contributed by atoms with Crippen LogP contribution in [0.15, 0.2) is 30.3 Å². The van der Waals surface area contributed by atoms with Crippen LogP contribution in [0.2, 0.25) is 0 Å². The predicted octanol–water partition coefficient (Wildman–Crippen LogP) is 0.854. The SMILES string of the molecule is CN1CCOC(CN(C)C(=O)COc2ccccc2)C1. The van der Waals surface area contributed by atoms with Crippen molar-refractivity contribution in [3.63, 3.8) is 0 Å². The molecule has 1 saturated heterocycles. The average molecular weight is 278 g/mol. The van der Waals surface area contributed by atoms with Crippen molar-refractivity contribution in [3.8, 4) is 5.75 Å². The Balaban J connectivity index is 1.74. The molecule has 1 aliphatic heterocycles. The maximum Gasteiger partial charge on any atom is 0.260 e. The lowest BCUT2D eigenvalue weighted by molar-refractivity contribution is -0.135. The molecule has 0 radical (unpaired) electrons. The van der Waals surface area contributed by atoms with Gasteiger partial charge < -0.3 is 19.3 Å². The normalized spacial score (nSPS) is 19.6. The quantitative estimate of drug-likeness (QED) is 0.801. The lowest BCUT2D eigenvalue weighted by atomic mass is 10.2. The van der Waals surface area contributed by atoms with Gasteiger partial charge in [-0.25, -0.2) is 0 Å². The Kier molecular flexibility index (Phi) is 5.38. The van der Waals surface area contributed by atoms with E-state index in [0.717, 1.165) is 19.7 Å². The fourth-order valence-electron chi connectivity index (χ4n) is 2.16. The highest BCUT2D eigenvalue weighted by Gasteiger charge is 2.21. The molecule has 1 unspecified atom stereocenters. The van der Waals surface area contributed by atoms with Gasteiger partial charge in [0.25, 0.3) is 5.91 Å². The minimum Gasteiger partial charge on any atom is -0.484 e. The van der Waals surface area contributed by atoms with Crippen LogP contribution in [0.1, 0.15) is 0 Å².